The average molecular weight is 300 g/mol. The Morgan fingerprint density at radius 3 is 3.00 bits per heavy atom. The van der Waals surface area contributed by atoms with Crippen LogP contribution in [0, 0.1) is 17.8 Å². The number of aromatic nitrogens is 3. The van der Waals surface area contributed by atoms with Gasteiger partial charge in [0.2, 0.25) is 0 Å². The van der Waals surface area contributed by atoms with E-state index in [0.717, 1.165) is 29.4 Å². The van der Waals surface area contributed by atoms with Gasteiger partial charge in [0.05, 0.1) is 23.7 Å². The maximum Gasteiger partial charge on any atom is 0.148 e. The zero-order chi connectivity index (χ0) is 15.7. The molecular formula is C16H20N4O2. The molecule has 0 aromatic carbocycles. The molecule has 1 saturated heterocycles. The quantitative estimate of drug-likeness (QED) is 0.824. The van der Waals surface area contributed by atoms with Gasteiger partial charge in [0.15, 0.2) is 0 Å². The van der Waals surface area contributed by atoms with Crippen LogP contribution in [0.15, 0.2) is 12.5 Å². The van der Waals surface area contributed by atoms with Crippen molar-refractivity contribution in [1.29, 1.82) is 0 Å². The lowest BCUT2D eigenvalue weighted by atomic mass is 10.1. The highest BCUT2D eigenvalue weighted by Gasteiger charge is 2.34. The molecule has 116 valence electrons. The van der Waals surface area contributed by atoms with E-state index in [4.69, 9.17) is 10.5 Å². The van der Waals surface area contributed by atoms with E-state index >= 15 is 0 Å². The number of nitrogens with zero attached hydrogens (tertiary/aromatic N) is 3. The lowest BCUT2D eigenvalue weighted by Crippen LogP contribution is -2.15. The fourth-order valence-electron chi connectivity index (χ4n) is 2.96. The predicted octanol–water partition coefficient (Wildman–Crippen LogP) is 1.69. The van der Waals surface area contributed by atoms with Crippen molar-refractivity contribution >= 4 is 16.9 Å². The minimum Gasteiger partial charge on any atom is -0.394 e. The summed E-state index contributed by atoms with van der Waals surface area (Å²) in [6, 6.07) is 0. The maximum absolute atomic E-state index is 9.32. The third-order valence-electron chi connectivity index (χ3n) is 3.97. The minimum atomic E-state index is -0.175. The highest BCUT2D eigenvalue weighted by atomic mass is 16.5. The second-order valence-corrected chi connectivity index (χ2v) is 5.61. The highest BCUT2D eigenvalue weighted by Crippen LogP contribution is 2.37. The summed E-state index contributed by atoms with van der Waals surface area (Å²) < 4.78 is 7.90. The van der Waals surface area contributed by atoms with Gasteiger partial charge in [-0.1, -0.05) is 25.7 Å². The molecule has 3 rings (SSSR count). The first-order valence-corrected chi connectivity index (χ1v) is 7.51. The lowest BCUT2D eigenvalue weighted by Gasteiger charge is -2.17. The lowest BCUT2D eigenvalue weighted by molar-refractivity contribution is -0.0291. The second-order valence-electron chi connectivity index (χ2n) is 5.61. The van der Waals surface area contributed by atoms with E-state index in [1.165, 1.54) is 6.33 Å². The van der Waals surface area contributed by atoms with Gasteiger partial charge in [-0.05, 0) is 6.42 Å². The molecule has 1 aliphatic heterocycles. The Balaban J connectivity index is 2.13. The summed E-state index contributed by atoms with van der Waals surface area (Å²) in [7, 11) is 0. The van der Waals surface area contributed by atoms with Gasteiger partial charge in [-0.3, -0.25) is 0 Å². The Morgan fingerprint density at radius 2 is 2.32 bits per heavy atom. The van der Waals surface area contributed by atoms with Crippen LogP contribution < -0.4 is 5.73 Å². The normalized spacial score (nSPS) is 24.4. The Kier molecular flexibility index (Phi) is 4.01. The number of hydrogen-bond donors (Lipinski definition) is 2. The van der Waals surface area contributed by atoms with E-state index in [0.29, 0.717) is 5.82 Å². The van der Waals surface area contributed by atoms with Crippen LogP contribution in [0.1, 0.15) is 38.5 Å². The fourth-order valence-corrected chi connectivity index (χ4v) is 2.96. The van der Waals surface area contributed by atoms with E-state index < -0.39 is 0 Å². The molecular weight excluding hydrogens is 280 g/mol. The van der Waals surface area contributed by atoms with Gasteiger partial charge in [0.25, 0.3) is 0 Å². The first-order chi connectivity index (χ1) is 10.7. The van der Waals surface area contributed by atoms with Gasteiger partial charge in [0.1, 0.15) is 24.0 Å². The van der Waals surface area contributed by atoms with Crippen LogP contribution in [-0.4, -0.2) is 32.4 Å². The van der Waals surface area contributed by atoms with Crippen molar-refractivity contribution in [2.45, 2.75) is 39.0 Å². The molecule has 6 nitrogen and oxygen atoms in total. The van der Waals surface area contributed by atoms with Crippen LogP contribution in [-0.2, 0) is 4.74 Å². The molecule has 6 heteroatoms. The standard InChI is InChI=1S/C16H20N4O2/c1-3-4-5-11-7-20(15-13(11)14(17)18-9-19-15)16-10(2)6-12(8-21)22-16/h7,9-10,12,16,21H,3,6,8H2,1-2H3,(H2,17,18,19). The summed E-state index contributed by atoms with van der Waals surface area (Å²) in [6.07, 6.45) is 4.65. The van der Waals surface area contributed by atoms with Gasteiger partial charge in [-0.25, -0.2) is 9.97 Å². The van der Waals surface area contributed by atoms with Gasteiger partial charge in [-0.2, -0.15) is 0 Å². The van der Waals surface area contributed by atoms with E-state index in [1.807, 2.05) is 17.7 Å². The Hall–Kier alpha value is -2.10. The van der Waals surface area contributed by atoms with Crippen molar-refractivity contribution in [1.82, 2.24) is 14.5 Å². The van der Waals surface area contributed by atoms with Crippen LogP contribution in [0.5, 0.6) is 0 Å². The molecule has 2 aromatic heterocycles. The highest BCUT2D eigenvalue weighted by molar-refractivity contribution is 5.92. The van der Waals surface area contributed by atoms with Crippen molar-refractivity contribution in [2.75, 3.05) is 12.3 Å². The third-order valence-corrected chi connectivity index (χ3v) is 3.97. The number of nitrogens with two attached hydrogens (primary N) is 1. The number of anilines is 1. The molecule has 0 amide bonds. The van der Waals surface area contributed by atoms with Crippen LogP contribution in [0.3, 0.4) is 0 Å². The summed E-state index contributed by atoms with van der Waals surface area (Å²) in [4.78, 5) is 8.43. The zero-order valence-electron chi connectivity index (χ0n) is 12.8. The van der Waals surface area contributed by atoms with Crippen molar-refractivity contribution in [3.8, 4) is 11.8 Å². The number of aliphatic hydroxyl groups excluding tert-OH is 1. The summed E-state index contributed by atoms with van der Waals surface area (Å²) in [5, 5.41) is 10.1. The van der Waals surface area contributed by atoms with Crippen molar-refractivity contribution < 1.29 is 9.84 Å². The van der Waals surface area contributed by atoms with E-state index in [2.05, 4.69) is 28.7 Å². The van der Waals surface area contributed by atoms with Crippen molar-refractivity contribution in [3.63, 3.8) is 0 Å². The van der Waals surface area contributed by atoms with Crippen LogP contribution in [0.4, 0.5) is 5.82 Å². The smallest absolute Gasteiger partial charge is 0.148 e. The van der Waals surface area contributed by atoms with Crippen LogP contribution >= 0.6 is 0 Å². The number of rotatable bonds is 2. The molecule has 0 aliphatic carbocycles. The largest absolute Gasteiger partial charge is 0.394 e. The number of ether oxygens (including phenoxy) is 1. The van der Waals surface area contributed by atoms with Gasteiger partial charge in [0, 0.05) is 18.5 Å². The second kappa shape index (κ2) is 5.95. The zero-order valence-corrected chi connectivity index (χ0v) is 12.8. The summed E-state index contributed by atoms with van der Waals surface area (Å²) in [5.74, 6) is 6.89. The maximum atomic E-state index is 9.32. The molecule has 3 atom stereocenters. The SMILES string of the molecule is CCC#Cc1cn(C2OC(CO)CC2C)c2ncnc(N)c12. The molecule has 2 aromatic rings. The van der Waals surface area contributed by atoms with Crippen LogP contribution in [0.25, 0.3) is 11.0 Å². The Morgan fingerprint density at radius 1 is 1.50 bits per heavy atom. The van der Waals surface area contributed by atoms with Gasteiger partial charge >= 0.3 is 0 Å². The van der Waals surface area contributed by atoms with E-state index in [-0.39, 0.29) is 24.9 Å². The number of aliphatic hydroxyl groups is 1. The number of hydrogen-bond acceptors (Lipinski definition) is 5. The summed E-state index contributed by atoms with van der Waals surface area (Å²) in [5.41, 5.74) is 7.56. The molecule has 0 radical (unpaired) electrons. The fraction of sp³-hybridized carbons (Fsp3) is 0.500. The summed E-state index contributed by atoms with van der Waals surface area (Å²) >= 11 is 0. The van der Waals surface area contributed by atoms with Crippen molar-refractivity contribution in [3.05, 3.63) is 18.1 Å². The molecule has 3 unspecified atom stereocenters. The monoisotopic (exact) mass is 300 g/mol. The topological polar surface area (TPSA) is 86.2 Å². The van der Waals surface area contributed by atoms with Gasteiger partial charge < -0.3 is 20.1 Å². The van der Waals surface area contributed by atoms with E-state index in [1.54, 1.807) is 0 Å². The first kappa shape index (κ1) is 14.8. The Bertz CT molecular complexity index is 744. The van der Waals surface area contributed by atoms with Crippen molar-refractivity contribution in [2.24, 2.45) is 5.92 Å². The van der Waals surface area contributed by atoms with Gasteiger partial charge in [-0.15, -0.1) is 0 Å². The molecule has 1 aliphatic rings. The first-order valence-electron chi connectivity index (χ1n) is 7.51. The molecule has 3 N–H and O–H groups in total. The number of nitrogen functional groups attached to an aromatic ring is 1. The molecule has 22 heavy (non-hydrogen) atoms. The van der Waals surface area contributed by atoms with Crippen LogP contribution in [0.2, 0.25) is 0 Å². The van der Waals surface area contributed by atoms with E-state index in [9.17, 15) is 5.11 Å². The molecule has 0 spiro atoms. The Labute approximate surface area is 129 Å². The molecule has 0 saturated carbocycles. The summed E-state index contributed by atoms with van der Waals surface area (Å²) in [6.45, 7) is 4.13. The molecule has 0 bridgehead atoms. The molecule has 3 heterocycles. The number of fused-ring (bicyclic) bond motifs is 1. The third kappa shape index (κ3) is 2.43. The predicted molar refractivity (Wildman–Crippen MR) is 83.9 cm³/mol. The average Bonchev–Trinajstić information content (AvgIpc) is 3.06. The minimum absolute atomic E-state index is 0.0274. The molecule has 1 fully saturated rings.